The summed E-state index contributed by atoms with van der Waals surface area (Å²) in [6, 6.07) is 13.8. The highest BCUT2D eigenvalue weighted by Crippen LogP contribution is 2.24. The number of amides is 2. The van der Waals surface area contributed by atoms with Gasteiger partial charge in [-0.3, -0.25) is 9.59 Å². The number of benzene rings is 2. The molecular formula is C25H29FN2O4. The van der Waals surface area contributed by atoms with Gasteiger partial charge in [-0.2, -0.15) is 0 Å². The number of nitrogens with one attached hydrogen (secondary N) is 1. The van der Waals surface area contributed by atoms with Gasteiger partial charge in [0.25, 0.3) is 11.8 Å². The minimum atomic E-state index is -0.893. The van der Waals surface area contributed by atoms with Crippen LogP contribution < -0.4 is 5.32 Å². The molecule has 0 unspecified atom stereocenters. The number of rotatable bonds is 8. The molecule has 1 aliphatic carbocycles. The lowest BCUT2D eigenvalue weighted by Crippen LogP contribution is -2.44. The Morgan fingerprint density at radius 3 is 2.34 bits per heavy atom. The lowest BCUT2D eigenvalue weighted by molar-refractivity contribution is -0.154. The van der Waals surface area contributed by atoms with Crippen molar-refractivity contribution >= 4 is 17.8 Å². The van der Waals surface area contributed by atoms with E-state index in [2.05, 4.69) is 5.32 Å². The van der Waals surface area contributed by atoms with Gasteiger partial charge < -0.3 is 15.0 Å². The quantitative estimate of drug-likeness (QED) is 0.633. The number of hydrogen-bond acceptors (Lipinski definition) is 4. The first-order valence-corrected chi connectivity index (χ1v) is 11.0. The van der Waals surface area contributed by atoms with E-state index < -0.39 is 18.6 Å². The normalized spacial score (nSPS) is 14.9. The molecule has 1 fully saturated rings. The molecule has 2 aromatic carbocycles. The molecule has 1 saturated carbocycles. The maximum absolute atomic E-state index is 13.3. The summed E-state index contributed by atoms with van der Waals surface area (Å²) in [6.07, 6.45) is 5.01. The van der Waals surface area contributed by atoms with Crippen LogP contribution in [-0.2, 0) is 20.9 Å². The van der Waals surface area contributed by atoms with Gasteiger partial charge in [0.15, 0.2) is 6.61 Å². The Kier molecular flexibility index (Phi) is 8.36. The Labute approximate surface area is 187 Å². The number of nitrogens with zero attached hydrogens (tertiary/aromatic N) is 1. The Bertz CT molecular complexity index is 911. The van der Waals surface area contributed by atoms with Gasteiger partial charge in [0.1, 0.15) is 11.9 Å². The third-order valence-electron chi connectivity index (χ3n) is 5.68. The van der Waals surface area contributed by atoms with Crippen molar-refractivity contribution in [2.75, 3.05) is 6.61 Å². The van der Waals surface area contributed by atoms with E-state index >= 15 is 0 Å². The lowest BCUT2D eigenvalue weighted by Gasteiger charge is -2.34. The van der Waals surface area contributed by atoms with Crippen LogP contribution in [0.2, 0.25) is 0 Å². The smallest absolute Gasteiger partial charge is 0.328 e. The number of ether oxygens (including phenoxy) is 1. The largest absolute Gasteiger partial charge is 0.454 e. The van der Waals surface area contributed by atoms with Gasteiger partial charge in [0, 0.05) is 18.2 Å². The van der Waals surface area contributed by atoms with Gasteiger partial charge in [-0.1, -0.05) is 49.6 Å². The predicted octanol–water partition coefficient (Wildman–Crippen LogP) is 3.85. The molecule has 0 heterocycles. The molecule has 2 aromatic rings. The molecule has 7 heteroatoms. The summed E-state index contributed by atoms with van der Waals surface area (Å²) in [5.41, 5.74) is 1.26. The molecular weight excluding hydrogens is 411 g/mol. The first-order valence-electron chi connectivity index (χ1n) is 11.0. The second-order valence-corrected chi connectivity index (χ2v) is 8.11. The Morgan fingerprint density at radius 1 is 1.03 bits per heavy atom. The van der Waals surface area contributed by atoms with E-state index in [1.54, 1.807) is 47.4 Å². The molecule has 0 bridgehead atoms. The van der Waals surface area contributed by atoms with Gasteiger partial charge in [0.05, 0.1) is 0 Å². The highest BCUT2D eigenvalue weighted by atomic mass is 19.1. The third-order valence-corrected chi connectivity index (χ3v) is 5.68. The summed E-state index contributed by atoms with van der Waals surface area (Å²) < 4.78 is 18.5. The van der Waals surface area contributed by atoms with Crippen LogP contribution in [0.5, 0.6) is 0 Å². The summed E-state index contributed by atoms with van der Waals surface area (Å²) in [4.78, 5) is 39.3. The summed E-state index contributed by atoms with van der Waals surface area (Å²) in [6.45, 7) is 1.45. The number of halogens is 1. The summed E-state index contributed by atoms with van der Waals surface area (Å²) in [5, 5.41) is 2.58. The monoisotopic (exact) mass is 440 g/mol. The molecule has 6 nitrogen and oxygen atoms in total. The topological polar surface area (TPSA) is 75.7 Å². The van der Waals surface area contributed by atoms with E-state index in [1.807, 2.05) is 0 Å². The van der Waals surface area contributed by atoms with Crippen molar-refractivity contribution in [1.29, 1.82) is 0 Å². The Balaban J connectivity index is 1.57. The van der Waals surface area contributed by atoms with Gasteiger partial charge in [-0.05, 0) is 49.6 Å². The van der Waals surface area contributed by atoms with Gasteiger partial charge in [-0.25, -0.2) is 9.18 Å². The first-order chi connectivity index (χ1) is 15.4. The van der Waals surface area contributed by atoms with Gasteiger partial charge in [0.2, 0.25) is 0 Å². The molecule has 1 atom stereocenters. The lowest BCUT2D eigenvalue weighted by atomic mass is 9.93. The fraction of sp³-hybridized carbons (Fsp3) is 0.400. The minimum absolute atomic E-state index is 0.0650. The van der Waals surface area contributed by atoms with Crippen molar-refractivity contribution < 1.29 is 23.5 Å². The molecule has 170 valence electrons. The maximum atomic E-state index is 13.3. The van der Waals surface area contributed by atoms with Crippen LogP contribution in [0.3, 0.4) is 0 Å². The van der Waals surface area contributed by atoms with E-state index in [-0.39, 0.29) is 23.7 Å². The third kappa shape index (κ3) is 6.64. The maximum Gasteiger partial charge on any atom is 0.328 e. The molecule has 0 radical (unpaired) electrons. The highest BCUT2D eigenvalue weighted by Gasteiger charge is 2.27. The number of hydrogen-bond donors (Lipinski definition) is 1. The fourth-order valence-corrected chi connectivity index (χ4v) is 3.87. The van der Waals surface area contributed by atoms with Crippen molar-refractivity contribution in [3.8, 4) is 0 Å². The molecule has 32 heavy (non-hydrogen) atoms. The molecule has 0 aromatic heterocycles. The zero-order valence-corrected chi connectivity index (χ0v) is 18.3. The highest BCUT2D eigenvalue weighted by molar-refractivity contribution is 5.96. The molecule has 0 aliphatic heterocycles. The van der Waals surface area contributed by atoms with E-state index in [0.717, 1.165) is 37.7 Å². The second-order valence-electron chi connectivity index (χ2n) is 8.11. The summed E-state index contributed by atoms with van der Waals surface area (Å²) in [7, 11) is 0. The van der Waals surface area contributed by atoms with Crippen LogP contribution in [-0.4, -0.2) is 41.4 Å². The van der Waals surface area contributed by atoms with E-state index in [9.17, 15) is 18.8 Å². The Morgan fingerprint density at radius 2 is 1.69 bits per heavy atom. The zero-order valence-electron chi connectivity index (χ0n) is 18.3. The predicted molar refractivity (Wildman–Crippen MR) is 118 cm³/mol. The summed E-state index contributed by atoms with van der Waals surface area (Å²) in [5.74, 6) is -1.68. The van der Waals surface area contributed by atoms with Crippen LogP contribution in [0.4, 0.5) is 4.39 Å². The molecule has 1 aliphatic rings. The average Bonchev–Trinajstić information content (AvgIpc) is 2.83. The second kappa shape index (κ2) is 11.4. The van der Waals surface area contributed by atoms with E-state index in [1.165, 1.54) is 19.1 Å². The first kappa shape index (κ1) is 23.4. The van der Waals surface area contributed by atoms with Crippen molar-refractivity contribution in [3.05, 3.63) is 71.5 Å². The van der Waals surface area contributed by atoms with E-state index in [4.69, 9.17) is 4.74 Å². The Hall–Kier alpha value is -3.22. The van der Waals surface area contributed by atoms with Crippen LogP contribution >= 0.6 is 0 Å². The number of esters is 1. The SMILES string of the molecule is C[C@H](NC(=O)c1ccccc1)C(=O)OCC(=O)N(Cc1ccc(F)cc1)C1CCCCC1. The molecule has 3 rings (SSSR count). The van der Waals surface area contributed by atoms with Gasteiger partial charge in [-0.15, -0.1) is 0 Å². The van der Waals surface area contributed by atoms with Crippen LogP contribution in [0.25, 0.3) is 0 Å². The van der Waals surface area contributed by atoms with Crippen molar-refractivity contribution in [1.82, 2.24) is 10.2 Å². The van der Waals surface area contributed by atoms with E-state index in [0.29, 0.717) is 12.1 Å². The number of carbonyl (C=O) groups excluding carboxylic acids is 3. The van der Waals surface area contributed by atoms with Crippen LogP contribution in [0.15, 0.2) is 54.6 Å². The standard InChI is InChI=1S/C25H29FN2O4/c1-18(27-24(30)20-8-4-2-5-9-20)25(31)32-17-23(29)28(22-10-6-3-7-11-22)16-19-12-14-21(26)15-13-19/h2,4-5,8-9,12-15,18,22H,3,6-7,10-11,16-17H2,1H3,(H,27,30)/t18-/m0/s1. The van der Waals surface area contributed by atoms with Gasteiger partial charge >= 0.3 is 5.97 Å². The average molecular weight is 441 g/mol. The fourth-order valence-electron chi connectivity index (χ4n) is 3.87. The summed E-state index contributed by atoms with van der Waals surface area (Å²) >= 11 is 0. The molecule has 0 spiro atoms. The van der Waals surface area contributed by atoms with Crippen molar-refractivity contribution in [3.63, 3.8) is 0 Å². The van der Waals surface area contributed by atoms with Crippen LogP contribution in [0, 0.1) is 5.82 Å². The molecule has 2 amide bonds. The zero-order chi connectivity index (χ0) is 22.9. The minimum Gasteiger partial charge on any atom is -0.454 e. The van der Waals surface area contributed by atoms with Crippen molar-refractivity contribution in [2.24, 2.45) is 0 Å². The molecule has 0 saturated heterocycles. The number of carbonyl (C=O) groups is 3. The molecule has 1 N–H and O–H groups in total. The van der Waals surface area contributed by atoms with Crippen molar-refractivity contribution in [2.45, 2.75) is 57.7 Å². The van der Waals surface area contributed by atoms with Crippen LogP contribution in [0.1, 0.15) is 54.9 Å².